The number of rotatable bonds is 2. The maximum atomic E-state index is 11.1. The van der Waals surface area contributed by atoms with Crippen LogP contribution in [0.3, 0.4) is 0 Å². The molecule has 15 heavy (non-hydrogen) atoms. The molecule has 0 saturated heterocycles. The van der Waals surface area contributed by atoms with E-state index in [2.05, 4.69) is 10.4 Å². The Labute approximate surface area is 86.8 Å². The molecule has 0 unspecified atom stereocenters. The minimum absolute atomic E-state index is 0.191. The molecule has 2 rings (SSSR count). The molecule has 0 aliphatic rings. The third-order valence-corrected chi connectivity index (χ3v) is 2.97. The lowest BCUT2D eigenvalue weighted by Gasteiger charge is -2.01. The van der Waals surface area contributed by atoms with Crippen molar-refractivity contribution in [2.45, 2.75) is 4.90 Å². The molecule has 0 fully saturated rings. The molecule has 0 amide bonds. The van der Waals surface area contributed by atoms with Crippen LogP contribution in [-0.4, -0.2) is 13.7 Å². The summed E-state index contributed by atoms with van der Waals surface area (Å²) in [6.45, 7) is 0. The summed E-state index contributed by atoms with van der Waals surface area (Å²) in [5, 5.41) is 9.73. The van der Waals surface area contributed by atoms with E-state index in [1.54, 1.807) is 18.2 Å². The van der Waals surface area contributed by atoms with Crippen LogP contribution in [0.1, 0.15) is 0 Å². The Bertz CT molecular complexity index is 589. The molecule has 1 radical (unpaired) electrons. The van der Waals surface area contributed by atoms with Crippen molar-refractivity contribution in [1.82, 2.24) is 0 Å². The Hall–Kier alpha value is -1.43. The van der Waals surface area contributed by atoms with Crippen molar-refractivity contribution in [3.8, 4) is 0 Å². The molecule has 5 heteroatoms. The molecule has 0 spiro atoms. The van der Waals surface area contributed by atoms with Gasteiger partial charge in [0.25, 0.3) is 0 Å². The largest absolute Gasteiger partial charge is 0.323 e. The number of benzene rings is 2. The van der Waals surface area contributed by atoms with E-state index in [-0.39, 0.29) is 4.90 Å². The van der Waals surface area contributed by atoms with Gasteiger partial charge in [0.1, 0.15) is 4.90 Å². The van der Waals surface area contributed by atoms with Gasteiger partial charge < -0.3 is 0 Å². The van der Waals surface area contributed by atoms with Crippen molar-refractivity contribution in [3.63, 3.8) is 0 Å². The number of fused-ring (bicyclic) bond motifs is 1. The van der Waals surface area contributed by atoms with E-state index in [0.29, 0.717) is 5.39 Å². The van der Waals surface area contributed by atoms with Crippen LogP contribution in [-0.2, 0) is 14.5 Å². The molecule has 0 aromatic heterocycles. The lowest BCUT2D eigenvalue weighted by atomic mass is 10.1. The topological polar surface area (TPSA) is 63.6 Å². The van der Waals surface area contributed by atoms with Crippen LogP contribution in [0.15, 0.2) is 41.3 Å². The van der Waals surface area contributed by atoms with Crippen molar-refractivity contribution in [1.29, 1.82) is 0 Å². The summed E-state index contributed by atoms with van der Waals surface area (Å²) in [4.78, 5) is -0.191. The van der Waals surface area contributed by atoms with Crippen molar-refractivity contribution in [2.24, 2.45) is 0 Å². The monoisotopic (exact) mass is 223 g/mol. The van der Waals surface area contributed by atoms with Crippen molar-refractivity contribution < 1.29 is 18.0 Å². The zero-order valence-electron chi connectivity index (χ0n) is 7.54. The normalized spacial score (nSPS) is 11.8. The maximum Gasteiger partial charge on any atom is 0.323 e. The van der Waals surface area contributed by atoms with Crippen LogP contribution >= 0.6 is 0 Å². The third-order valence-electron chi connectivity index (χ3n) is 2.00. The molecule has 1 N–H and O–H groups in total. The fourth-order valence-corrected chi connectivity index (χ4v) is 1.83. The van der Waals surface area contributed by atoms with E-state index >= 15 is 0 Å². The smallest absolute Gasteiger partial charge is 0.235 e. The molecule has 0 aliphatic heterocycles. The lowest BCUT2D eigenvalue weighted by molar-refractivity contribution is -0.130. The standard InChI is InChI=1S/C10H7O4S/c11-14-15(12,13)10-6-5-8-3-1-2-4-9(8)7-10/h1-6,11H. The summed E-state index contributed by atoms with van der Waals surface area (Å²) in [7, 11) is -4.09. The quantitative estimate of drug-likeness (QED) is 0.623. The van der Waals surface area contributed by atoms with E-state index in [1.807, 2.05) is 12.1 Å². The fraction of sp³-hybridized carbons (Fsp3) is 0. The summed E-state index contributed by atoms with van der Waals surface area (Å²) in [5.41, 5.74) is 0. The van der Waals surface area contributed by atoms with Gasteiger partial charge in [0.05, 0.1) is 0 Å². The van der Waals surface area contributed by atoms with E-state index in [1.165, 1.54) is 6.07 Å². The van der Waals surface area contributed by atoms with Crippen molar-refractivity contribution >= 4 is 20.9 Å². The summed E-state index contributed by atoms with van der Waals surface area (Å²) < 4.78 is 25.7. The Morgan fingerprint density at radius 1 is 1.13 bits per heavy atom. The predicted molar refractivity (Wildman–Crippen MR) is 53.7 cm³/mol. The van der Waals surface area contributed by atoms with E-state index in [4.69, 9.17) is 5.26 Å². The first-order valence-corrected chi connectivity index (χ1v) is 5.53. The summed E-state index contributed by atoms with van der Waals surface area (Å²) in [5.74, 6) is 0. The minimum Gasteiger partial charge on any atom is -0.235 e. The zero-order valence-corrected chi connectivity index (χ0v) is 8.36. The van der Waals surface area contributed by atoms with Gasteiger partial charge >= 0.3 is 10.1 Å². The van der Waals surface area contributed by atoms with E-state index < -0.39 is 10.1 Å². The van der Waals surface area contributed by atoms with Gasteiger partial charge in [0.2, 0.25) is 0 Å². The van der Waals surface area contributed by atoms with Crippen LogP contribution in [0.5, 0.6) is 0 Å². The second-order valence-corrected chi connectivity index (χ2v) is 4.44. The molecule has 2 aromatic carbocycles. The summed E-state index contributed by atoms with van der Waals surface area (Å²) in [6, 6.07) is 12.8. The Kier molecular flexibility index (Phi) is 2.44. The van der Waals surface area contributed by atoms with E-state index in [0.717, 1.165) is 5.39 Å². The highest BCUT2D eigenvalue weighted by atomic mass is 32.2. The average Bonchev–Trinajstić information content (AvgIpc) is 2.28. The molecule has 0 aliphatic carbocycles. The minimum atomic E-state index is -4.09. The molecule has 0 atom stereocenters. The van der Waals surface area contributed by atoms with Gasteiger partial charge in [-0.2, -0.15) is 8.42 Å². The lowest BCUT2D eigenvalue weighted by Crippen LogP contribution is -2.03. The van der Waals surface area contributed by atoms with Gasteiger partial charge in [-0.1, -0.05) is 30.3 Å². The number of hydrogen-bond acceptors (Lipinski definition) is 4. The first-order valence-electron chi connectivity index (χ1n) is 4.12. The second kappa shape index (κ2) is 3.62. The van der Waals surface area contributed by atoms with Crippen molar-refractivity contribution in [2.75, 3.05) is 0 Å². The highest BCUT2D eigenvalue weighted by molar-refractivity contribution is 7.86. The van der Waals surface area contributed by atoms with Gasteiger partial charge in [-0.25, -0.2) is 5.26 Å². The van der Waals surface area contributed by atoms with Crippen LogP contribution in [0.4, 0.5) is 0 Å². The Balaban J connectivity index is 2.67. The molecule has 4 nitrogen and oxygen atoms in total. The fourth-order valence-electron chi connectivity index (χ4n) is 1.28. The van der Waals surface area contributed by atoms with Gasteiger partial charge in [-0.05, 0) is 16.8 Å². The molecular formula is C10H7O4S. The van der Waals surface area contributed by atoms with Gasteiger partial charge in [0, 0.05) is 6.07 Å². The van der Waals surface area contributed by atoms with Crippen LogP contribution in [0, 0.1) is 6.07 Å². The molecule has 77 valence electrons. The van der Waals surface area contributed by atoms with Crippen LogP contribution < -0.4 is 0 Å². The summed E-state index contributed by atoms with van der Waals surface area (Å²) >= 11 is 0. The van der Waals surface area contributed by atoms with Crippen LogP contribution in [0.25, 0.3) is 10.8 Å². The predicted octanol–water partition coefficient (Wildman–Crippen LogP) is 1.82. The Morgan fingerprint density at radius 2 is 1.87 bits per heavy atom. The first-order chi connectivity index (χ1) is 7.13. The van der Waals surface area contributed by atoms with E-state index in [9.17, 15) is 8.42 Å². The second-order valence-electron chi connectivity index (χ2n) is 2.94. The van der Waals surface area contributed by atoms with Gasteiger partial charge in [-0.15, -0.1) is 4.33 Å². The Morgan fingerprint density at radius 3 is 2.60 bits per heavy atom. The average molecular weight is 223 g/mol. The van der Waals surface area contributed by atoms with Gasteiger partial charge in [0.15, 0.2) is 0 Å². The first kappa shape index (κ1) is 10.1. The third kappa shape index (κ3) is 1.85. The summed E-state index contributed by atoms with van der Waals surface area (Å²) in [6.07, 6.45) is 0. The molecule has 2 aromatic rings. The highest BCUT2D eigenvalue weighted by Gasteiger charge is 2.14. The maximum absolute atomic E-state index is 11.1. The zero-order chi connectivity index (χ0) is 10.9. The molecule has 0 saturated carbocycles. The number of hydrogen-bond donors (Lipinski definition) is 1. The SMILES string of the molecule is O=S(=O)(OO)c1[c]c2ccccc2cc1. The molecular weight excluding hydrogens is 216 g/mol. The molecule has 0 bridgehead atoms. The molecule has 0 heterocycles. The van der Waals surface area contributed by atoms with Gasteiger partial charge in [-0.3, -0.25) is 0 Å². The van der Waals surface area contributed by atoms with Crippen LogP contribution in [0.2, 0.25) is 0 Å². The van der Waals surface area contributed by atoms with Crippen molar-refractivity contribution in [3.05, 3.63) is 42.5 Å². The highest BCUT2D eigenvalue weighted by Crippen LogP contribution is 2.18.